The Morgan fingerprint density at radius 2 is 1.79 bits per heavy atom. The lowest BCUT2D eigenvalue weighted by Gasteiger charge is -2.32. The van der Waals surface area contributed by atoms with Crippen LogP contribution in [0.5, 0.6) is 0 Å². The predicted octanol–water partition coefficient (Wildman–Crippen LogP) is 4.08. The maximum atomic E-state index is 13.0. The van der Waals surface area contributed by atoms with E-state index in [0.717, 1.165) is 5.56 Å². The van der Waals surface area contributed by atoms with Crippen LogP contribution >= 0.6 is 11.6 Å². The van der Waals surface area contributed by atoms with E-state index in [9.17, 15) is 14.0 Å². The summed E-state index contributed by atoms with van der Waals surface area (Å²) >= 11 is 6.19. The highest BCUT2D eigenvalue weighted by atomic mass is 35.5. The van der Waals surface area contributed by atoms with Crippen LogP contribution < -0.4 is 5.32 Å². The van der Waals surface area contributed by atoms with E-state index >= 15 is 0 Å². The number of amides is 2. The first-order valence-corrected chi connectivity index (χ1v) is 9.90. The molecule has 0 unspecified atom stereocenters. The summed E-state index contributed by atoms with van der Waals surface area (Å²) in [6.45, 7) is 3.01. The van der Waals surface area contributed by atoms with E-state index in [2.05, 4.69) is 5.32 Å². The molecule has 0 aliphatic carbocycles. The molecular formula is C22H24ClFN2O2. The molecule has 148 valence electrons. The van der Waals surface area contributed by atoms with E-state index in [4.69, 9.17) is 11.6 Å². The predicted molar refractivity (Wildman–Crippen MR) is 108 cm³/mol. The molecule has 4 nitrogen and oxygen atoms in total. The van der Waals surface area contributed by atoms with Crippen molar-refractivity contribution >= 4 is 23.4 Å². The molecule has 0 aromatic heterocycles. The van der Waals surface area contributed by atoms with Crippen LogP contribution in [0.2, 0.25) is 5.02 Å². The molecule has 2 aromatic rings. The van der Waals surface area contributed by atoms with E-state index in [1.165, 1.54) is 24.3 Å². The van der Waals surface area contributed by atoms with Crippen LogP contribution in [0.25, 0.3) is 0 Å². The minimum absolute atomic E-state index is 0.0217. The van der Waals surface area contributed by atoms with Gasteiger partial charge in [0.05, 0.1) is 0 Å². The number of carbonyl (C=O) groups excluding carboxylic acids is 2. The molecule has 1 atom stereocenters. The van der Waals surface area contributed by atoms with Crippen molar-refractivity contribution in [1.82, 2.24) is 10.2 Å². The van der Waals surface area contributed by atoms with Crippen molar-refractivity contribution in [1.29, 1.82) is 0 Å². The van der Waals surface area contributed by atoms with E-state index in [-0.39, 0.29) is 29.6 Å². The maximum Gasteiger partial charge on any atom is 0.253 e. The van der Waals surface area contributed by atoms with Gasteiger partial charge in [-0.2, -0.15) is 0 Å². The van der Waals surface area contributed by atoms with Crippen LogP contribution in [0, 0.1) is 11.7 Å². The van der Waals surface area contributed by atoms with Gasteiger partial charge in [0.25, 0.3) is 5.91 Å². The second-order valence-electron chi connectivity index (χ2n) is 7.28. The molecule has 6 heteroatoms. The second kappa shape index (κ2) is 9.20. The zero-order valence-corrected chi connectivity index (χ0v) is 16.6. The normalized spacial score (nSPS) is 15.9. The van der Waals surface area contributed by atoms with Gasteiger partial charge in [0.2, 0.25) is 5.91 Å². The quantitative estimate of drug-likeness (QED) is 0.819. The van der Waals surface area contributed by atoms with E-state index in [1.807, 2.05) is 31.2 Å². The molecule has 1 fully saturated rings. The van der Waals surface area contributed by atoms with Crippen molar-refractivity contribution in [3.8, 4) is 0 Å². The third-order valence-electron chi connectivity index (χ3n) is 5.12. The van der Waals surface area contributed by atoms with Gasteiger partial charge in [-0.25, -0.2) is 4.39 Å². The van der Waals surface area contributed by atoms with E-state index < -0.39 is 0 Å². The highest BCUT2D eigenvalue weighted by Crippen LogP contribution is 2.21. The first-order valence-electron chi connectivity index (χ1n) is 9.52. The lowest BCUT2D eigenvalue weighted by atomic mass is 9.94. The summed E-state index contributed by atoms with van der Waals surface area (Å²) in [4.78, 5) is 26.8. The second-order valence-corrected chi connectivity index (χ2v) is 7.69. The third-order valence-corrected chi connectivity index (χ3v) is 5.49. The first kappa shape index (κ1) is 20.3. The van der Waals surface area contributed by atoms with Gasteiger partial charge >= 0.3 is 0 Å². The standard InChI is InChI=1S/C22H24ClFN2O2/c1-15(14-18-4-2-3-5-20(18)23)25-21(27)16-10-12-26(13-11-16)22(28)17-6-8-19(24)9-7-17/h2-9,15-16H,10-14H2,1H3,(H,25,27)/t15-/m0/s1. The SMILES string of the molecule is C[C@@H](Cc1ccccc1Cl)NC(=O)C1CCN(C(=O)c2ccc(F)cc2)CC1. The van der Waals surface area contributed by atoms with Crippen molar-refractivity contribution in [2.75, 3.05) is 13.1 Å². The zero-order chi connectivity index (χ0) is 20.1. The molecular weight excluding hydrogens is 379 g/mol. The van der Waals surface area contributed by atoms with Crippen LogP contribution in [0.4, 0.5) is 4.39 Å². The fourth-order valence-electron chi connectivity index (χ4n) is 3.53. The zero-order valence-electron chi connectivity index (χ0n) is 15.8. The Morgan fingerprint density at radius 3 is 2.43 bits per heavy atom. The summed E-state index contributed by atoms with van der Waals surface area (Å²) in [5.74, 6) is -0.566. The van der Waals surface area contributed by atoms with Gasteiger partial charge < -0.3 is 10.2 Å². The van der Waals surface area contributed by atoms with Crippen molar-refractivity contribution in [3.63, 3.8) is 0 Å². The highest BCUT2D eigenvalue weighted by molar-refractivity contribution is 6.31. The molecule has 3 rings (SSSR count). The van der Waals surface area contributed by atoms with Gasteiger partial charge in [-0.3, -0.25) is 9.59 Å². The monoisotopic (exact) mass is 402 g/mol. The summed E-state index contributed by atoms with van der Waals surface area (Å²) in [7, 11) is 0. The number of piperidine rings is 1. The molecule has 1 saturated heterocycles. The minimum Gasteiger partial charge on any atom is -0.353 e. The van der Waals surface area contributed by atoms with Crippen LogP contribution in [0.1, 0.15) is 35.7 Å². The number of hydrogen-bond donors (Lipinski definition) is 1. The van der Waals surface area contributed by atoms with Crippen LogP contribution in [0.15, 0.2) is 48.5 Å². The fourth-order valence-corrected chi connectivity index (χ4v) is 3.74. The van der Waals surface area contributed by atoms with Gasteiger partial charge in [-0.05, 0) is 62.1 Å². The van der Waals surface area contributed by atoms with Crippen molar-refractivity contribution in [2.24, 2.45) is 5.92 Å². The highest BCUT2D eigenvalue weighted by Gasteiger charge is 2.28. The number of nitrogens with zero attached hydrogens (tertiary/aromatic N) is 1. The fraction of sp³-hybridized carbons (Fsp3) is 0.364. The largest absolute Gasteiger partial charge is 0.353 e. The van der Waals surface area contributed by atoms with Crippen molar-refractivity contribution in [3.05, 3.63) is 70.5 Å². The summed E-state index contributed by atoms with van der Waals surface area (Å²) < 4.78 is 13.0. The number of rotatable bonds is 5. The van der Waals surface area contributed by atoms with Crippen molar-refractivity contribution in [2.45, 2.75) is 32.2 Å². The summed E-state index contributed by atoms with van der Waals surface area (Å²) in [6.07, 6.45) is 1.92. The molecule has 0 radical (unpaired) electrons. The molecule has 0 spiro atoms. The Labute approximate surface area is 169 Å². The van der Waals surface area contributed by atoms with Gasteiger partial charge in [-0.15, -0.1) is 0 Å². The summed E-state index contributed by atoms with van der Waals surface area (Å²) in [5.41, 5.74) is 1.48. The van der Waals surface area contributed by atoms with Gasteiger partial charge in [0, 0.05) is 35.6 Å². The molecule has 28 heavy (non-hydrogen) atoms. The lowest BCUT2D eigenvalue weighted by molar-refractivity contribution is -0.126. The first-order chi connectivity index (χ1) is 13.4. The number of nitrogens with one attached hydrogen (secondary N) is 1. The van der Waals surface area contributed by atoms with E-state index in [1.54, 1.807) is 4.90 Å². The maximum absolute atomic E-state index is 13.0. The Morgan fingerprint density at radius 1 is 1.14 bits per heavy atom. The Kier molecular flexibility index (Phi) is 6.68. The van der Waals surface area contributed by atoms with Crippen LogP contribution in [0.3, 0.4) is 0 Å². The Bertz CT molecular complexity index is 833. The average molecular weight is 403 g/mol. The number of halogens is 2. The molecule has 0 saturated carbocycles. The van der Waals surface area contributed by atoms with Gasteiger partial charge in [0.15, 0.2) is 0 Å². The van der Waals surface area contributed by atoms with Crippen molar-refractivity contribution < 1.29 is 14.0 Å². The third kappa shape index (κ3) is 5.10. The lowest BCUT2D eigenvalue weighted by Crippen LogP contribution is -2.45. The molecule has 1 N–H and O–H groups in total. The summed E-state index contributed by atoms with van der Waals surface area (Å²) in [6, 6.07) is 13.2. The Hall–Kier alpha value is -2.40. The number of hydrogen-bond acceptors (Lipinski definition) is 2. The molecule has 0 bridgehead atoms. The molecule has 1 aliphatic heterocycles. The van der Waals surface area contributed by atoms with Gasteiger partial charge in [0.1, 0.15) is 5.82 Å². The van der Waals surface area contributed by atoms with E-state index in [0.29, 0.717) is 42.9 Å². The average Bonchev–Trinajstić information content (AvgIpc) is 2.70. The number of likely N-dealkylation sites (tertiary alicyclic amines) is 1. The number of carbonyl (C=O) groups is 2. The number of benzene rings is 2. The minimum atomic E-state index is -0.363. The molecule has 1 aliphatic rings. The van der Waals surface area contributed by atoms with Crippen LogP contribution in [-0.2, 0) is 11.2 Å². The molecule has 2 aromatic carbocycles. The molecule has 1 heterocycles. The topological polar surface area (TPSA) is 49.4 Å². The Balaban J connectivity index is 1.49. The molecule has 2 amide bonds. The van der Waals surface area contributed by atoms with Crippen LogP contribution in [-0.4, -0.2) is 35.8 Å². The smallest absolute Gasteiger partial charge is 0.253 e. The van der Waals surface area contributed by atoms with Gasteiger partial charge in [-0.1, -0.05) is 29.8 Å². The summed E-state index contributed by atoms with van der Waals surface area (Å²) in [5, 5.41) is 3.77.